The monoisotopic (exact) mass is 251 g/mol. The summed E-state index contributed by atoms with van der Waals surface area (Å²) < 4.78 is 6.74. The SMILES string of the molecule is CCOC(=O)CCn1cc(C2CCNCC2)cn1. The van der Waals surface area contributed by atoms with E-state index >= 15 is 0 Å². The third-order valence-corrected chi connectivity index (χ3v) is 3.31. The van der Waals surface area contributed by atoms with Crippen molar-refractivity contribution in [1.82, 2.24) is 15.1 Å². The lowest BCUT2D eigenvalue weighted by molar-refractivity contribution is -0.143. The molecule has 1 fully saturated rings. The number of carbonyl (C=O) groups excluding carboxylic acids is 1. The molecule has 0 amide bonds. The molecule has 100 valence electrons. The van der Waals surface area contributed by atoms with Gasteiger partial charge in [-0.25, -0.2) is 0 Å². The molecule has 0 saturated carbocycles. The molecule has 5 nitrogen and oxygen atoms in total. The van der Waals surface area contributed by atoms with Gasteiger partial charge in [-0.15, -0.1) is 0 Å². The number of hydrogen-bond acceptors (Lipinski definition) is 4. The Bertz CT molecular complexity index is 383. The summed E-state index contributed by atoms with van der Waals surface area (Å²) >= 11 is 0. The third kappa shape index (κ3) is 3.57. The molecule has 18 heavy (non-hydrogen) atoms. The summed E-state index contributed by atoms with van der Waals surface area (Å²) in [5.41, 5.74) is 1.29. The molecule has 0 unspecified atom stereocenters. The number of nitrogens with zero attached hydrogens (tertiary/aromatic N) is 2. The van der Waals surface area contributed by atoms with Crippen LogP contribution in [0.25, 0.3) is 0 Å². The number of carbonyl (C=O) groups is 1. The number of aryl methyl sites for hydroxylation is 1. The Morgan fingerprint density at radius 1 is 1.56 bits per heavy atom. The molecule has 0 aliphatic carbocycles. The first-order chi connectivity index (χ1) is 8.79. The van der Waals surface area contributed by atoms with Crippen LogP contribution in [0.4, 0.5) is 0 Å². The zero-order chi connectivity index (χ0) is 12.8. The Balaban J connectivity index is 1.83. The van der Waals surface area contributed by atoms with Crippen LogP contribution in [-0.2, 0) is 16.1 Å². The van der Waals surface area contributed by atoms with Crippen molar-refractivity contribution >= 4 is 5.97 Å². The van der Waals surface area contributed by atoms with Gasteiger partial charge in [0.25, 0.3) is 0 Å². The van der Waals surface area contributed by atoms with Gasteiger partial charge in [-0.1, -0.05) is 0 Å². The van der Waals surface area contributed by atoms with Gasteiger partial charge in [0.15, 0.2) is 0 Å². The first-order valence-electron chi connectivity index (χ1n) is 6.68. The predicted octanol–water partition coefficient (Wildman–Crippen LogP) is 1.30. The van der Waals surface area contributed by atoms with Gasteiger partial charge in [0.2, 0.25) is 0 Å². The summed E-state index contributed by atoms with van der Waals surface area (Å²) in [6, 6.07) is 0. The quantitative estimate of drug-likeness (QED) is 0.802. The minimum atomic E-state index is -0.156. The summed E-state index contributed by atoms with van der Waals surface area (Å²) in [5.74, 6) is 0.457. The molecule has 1 aliphatic rings. The van der Waals surface area contributed by atoms with E-state index in [0.717, 1.165) is 13.1 Å². The first kappa shape index (κ1) is 13.1. The van der Waals surface area contributed by atoms with Gasteiger partial charge in [0, 0.05) is 6.20 Å². The summed E-state index contributed by atoms with van der Waals surface area (Å²) in [7, 11) is 0. The highest BCUT2D eigenvalue weighted by Gasteiger charge is 2.16. The lowest BCUT2D eigenvalue weighted by Gasteiger charge is -2.21. The average Bonchev–Trinajstić information content (AvgIpc) is 2.87. The molecule has 0 aromatic carbocycles. The molecule has 2 heterocycles. The number of piperidine rings is 1. The molecule has 0 spiro atoms. The highest BCUT2D eigenvalue weighted by atomic mass is 16.5. The maximum atomic E-state index is 11.3. The van der Waals surface area contributed by atoms with Gasteiger partial charge in [0.1, 0.15) is 0 Å². The largest absolute Gasteiger partial charge is 0.466 e. The summed E-state index contributed by atoms with van der Waals surface area (Å²) in [4.78, 5) is 11.3. The summed E-state index contributed by atoms with van der Waals surface area (Å²) in [6.07, 6.45) is 6.73. The van der Waals surface area contributed by atoms with E-state index in [1.807, 2.05) is 17.8 Å². The number of esters is 1. The minimum Gasteiger partial charge on any atom is -0.466 e. The van der Waals surface area contributed by atoms with Crippen molar-refractivity contribution in [2.75, 3.05) is 19.7 Å². The Kier molecular flexibility index (Phi) is 4.75. The van der Waals surface area contributed by atoms with Crippen LogP contribution < -0.4 is 5.32 Å². The van der Waals surface area contributed by atoms with Crippen molar-refractivity contribution < 1.29 is 9.53 Å². The number of hydrogen-bond donors (Lipinski definition) is 1. The van der Waals surface area contributed by atoms with Crippen LogP contribution in [0.1, 0.15) is 37.7 Å². The maximum Gasteiger partial charge on any atom is 0.307 e. The Hall–Kier alpha value is -1.36. The van der Waals surface area contributed by atoms with Gasteiger partial charge >= 0.3 is 5.97 Å². The molecule has 2 rings (SSSR count). The summed E-state index contributed by atoms with van der Waals surface area (Å²) in [5, 5.41) is 7.67. The number of ether oxygens (including phenoxy) is 1. The zero-order valence-electron chi connectivity index (χ0n) is 10.9. The van der Waals surface area contributed by atoms with Crippen LogP contribution in [0.15, 0.2) is 12.4 Å². The molecular weight excluding hydrogens is 230 g/mol. The standard InChI is InChI=1S/C13H21N3O2/c1-2-18-13(17)5-8-16-10-12(9-15-16)11-3-6-14-7-4-11/h9-11,14H,2-8H2,1H3. The van der Waals surface area contributed by atoms with E-state index in [4.69, 9.17) is 4.74 Å². The Labute approximate surface area is 108 Å². The fourth-order valence-corrected chi connectivity index (χ4v) is 2.31. The topological polar surface area (TPSA) is 56.1 Å². The fourth-order valence-electron chi connectivity index (χ4n) is 2.31. The van der Waals surface area contributed by atoms with Crippen LogP contribution in [0.3, 0.4) is 0 Å². The molecular formula is C13H21N3O2. The second kappa shape index (κ2) is 6.54. The Morgan fingerprint density at radius 2 is 2.33 bits per heavy atom. The lowest BCUT2D eigenvalue weighted by atomic mass is 9.93. The number of rotatable bonds is 5. The van der Waals surface area contributed by atoms with Crippen molar-refractivity contribution in [1.29, 1.82) is 0 Å². The van der Waals surface area contributed by atoms with Gasteiger partial charge in [0.05, 0.1) is 25.8 Å². The van der Waals surface area contributed by atoms with Gasteiger partial charge in [-0.2, -0.15) is 5.10 Å². The van der Waals surface area contributed by atoms with E-state index < -0.39 is 0 Å². The van der Waals surface area contributed by atoms with E-state index in [2.05, 4.69) is 16.6 Å². The van der Waals surface area contributed by atoms with E-state index in [-0.39, 0.29) is 5.97 Å². The lowest BCUT2D eigenvalue weighted by Crippen LogP contribution is -2.26. The highest BCUT2D eigenvalue weighted by Crippen LogP contribution is 2.24. The molecule has 1 N–H and O–H groups in total. The van der Waals surface area contributed by atoms with Crippen LogP contribution in [0.2, 0.25) is 0 Å². The normalized spacial score (nSPS) is 16.7. The van der Waals surface area contributed by atoms with Gasteiger partial charge in [-0.3, -0.25) is 9.48 Å². The van der Waals surface area contributed by atoms with E-state index in [1.165, 1.54) is 18.4 Å². The molecule has 1 aliphatic heterocycles. The summed E-state index contributed by atoms with van der Waals surface area (Å²) in [6.45, 7) is 5.03. The van der Waals surface area contributed by atoms with Gasteiger partial charge < -0.3 is 10.1 Å². The zero-order valence-corrected chi connectivity index (χ0v) is 10.9. The second-order valence-electron chi connectivity index (χ2n) is 4.62. The number of nitrogens with one attached hydrogen (secondary N) is 1. The van der Waals surface area contributed by atoms with E-state index in [1.54, 1.807) is 0 Å². The second-order valence-corrected chi connectivity index (χ2v) is 4.62. The van der Waals surface area contributed by atoms with Crippen LogP contribution in [-0.4, -0.2) is 35.4 Å². The Morgan fingerprint density at radius 3 is 3.06 bits per heavy atom. The van der Waals surface area contributed by atoms with E-state index in [0.29, 0.717) is 25.5 Å². The fraction of sp³-hybridized carbons (Fsp3) is 0.692. The maximum absolute atomic E-state index is 11.3. The van der Waals surface area contributed by atoms with Crippen LogP contribution >= 0.6 is 0 Å². The van der Waals surface area contributed by atoms with Crippen LogP contribution in [0.5, 0.6) is 0 Å². The first-order valence-corrected chi connectivity index (χ1v) is 6.68. The molecule has 0 radical (unpaired) electrons. The van der Waals surface area contributed by atoms with Gasteiger partial charge in [-0.05, 0) is 44.3 Å². The van der Waals surface area contributed by atoms with Crippen molar-refractivity contribution in [3.8, 4) is 0 Å². The smallest absolute Gasteiger partial charge is 0.307 e. The van der Waals surface area contributed by atoms with Crippen molar-refractivity contribution in [3.05, 3.63) is 18.0 Å². The molecule has 0 bridgehead atoms. The molecule has 0 atom stereocenters. The highest BCUT2D eigenvalue weighted by molar-refractivity contribution is 5.69. The minimum absolute atomic E-state index is 0.156. The third-order valence-electron chi connectivity index (χ3n) is 3.31. The molecule has 1 aromatic rings. The molecule has 1 aromatic heterocycles. The predicted molar refractivity (Wildman–Crippen MR) is 68.3 cm³/mol. The number of aromatic nitrogens is 2. The van der Waals surface area contributed by atoms with E-state index in [9.17, 15) is 4.79 Å². The molecule has 1 saturated heterocycles. The van der Waals surface area contributed by atoms with Crippen molar-refractivity contribution in [2.45, 2.75) is 38.6 Å². The molecule has 5 heteroatoms. The van der Waals surface area contributed by atoms with Crippen molar-refractivity contribution in [3.63, 3.8) is 0 Å². The van der Waals surface area contributed by atoms with Crippen molar-refractivity contribution in [2.24, 2.45) is 0 Å². The average molecular weight is 251 g/mol. The van der Waals surface area contributed by atoms with Crippen LogP contribution in [0, 0.1) is 0 Å².